The van der Waals surface area contributed by atoms with Crippen LogP contribution in [0, 0.1) is 6.92 Å². The third-order valence-corrected chi connectivity index (χ3v) is 6.12. The molecular formula is C23H30N5O2+. The number of amides is 1. The summed E-state index contributed by atoms with van der Waals surface area (Å²) in [5.74, 6) is 0.161. The number of fused-ring (bicyclic) bond motifs is 2. The molecule has 4 rings (SSSR count). The number of hydrogen-bond acceptors (Lipinski definition) is 4. The van der Waals surface area contributed by atoms with Crippen LogP contribution in [0.15, 0.2) is 29.2 Å². The highest BCUT2D eigenvalue weighted by atomic mass is 16.1. The Morgan fingerprint density at radius 3 is 2.83 bits per heavy atom. The number of carbonyl (C=O) groups excluding carboxylic acids is 1. The van der Waals surface area contributed by atoms with Gasteiger partial charge in [0.05, 0.1) is 6.04 Å². The second-order valence-electron chi connectivity index (χ2n) is 8.25. The maximum atomic E-state index is 13.4. The van der Waals surface area contributed by atoms with Crippen LogP contribution < -0.4 is 21.2 Å². The second kappa shape index (κ2) is 8.42. The first kappa shape index (κ1) is 20.3. The van der Waals surface area contributed by atoms with Crippen LogP contribution in [-0.4, -0.2) is 21.8 Å². The summed E-state index contributed by atoms with van der Waals surface area (Å²) >= 11 is 0. The van der Waals surface area contributed by atoms with Gasteiger partial charge in [0.2, 0.25) is 11.5 Å². The van der Waals surface area contributed by atoms with Crippen LogP contribution in [0.3, 0.4) is 0 Å². The van der Waals surface area contributed by atoms with E-state index >= 15 is 0 Å². The monoisotopic (exact) mass is 408 g/mol. The lowest BCUT2D eigenvalue weighted by Crippen LogP contribution is -2.47. The van der Waals surface area contributed by atoms with Crippen LogP contribution in [0.1, 0.15) is 73.8 Å². The molecule has 0 aliphatic heterocycles. The molecule has 1 amide bonds. The number of pyridine rings is 2. The predicted molar refractivity (Wildman–Crippen MR) is 118 cm³/mol. The zero-order chi connectivity index (χ0) is 21.3. The standard InChI is InChI=1S/C23H29N5O2/c1-3-4-12-25-22(29)17-14-18-21(28(19(17)24)16-10-6-5-7-11-16)26-20-15(2)9-8-13-27(20)23(18)30/h8-9,13-14,16,24H,3-7,10-12H2,1-2H3,(H,25,29)/p+1. The van der Waals surface area contributed by atoms with Crippen LogP contribution in [0.5, 0.6) is 0 Å². The molecule has 158 valence electrons. The number of nitrogen functional groups attached to an aromatic ring is 1. The lowest BCUT2D eigenvalue weighted by Gasteiger charge is -2.24. The van der Waals surface area contributed by atoms with Crippen molar-refractivity contribution in [2.24, 2.45) is 0 Å². The quantitative estimate of drug-likeness (QED) is 0.385. The summed E-state index contributed by atoms with van der Waals surface area (Å²) < 4.78 is 3.51. The largest absolute Gasteiger partial charge is 0.352 e. The molecule has 1 aliphatic rings. The molecule has 7 nitrogen and oxygen atoms in total. The molecule has 3 heterocycles. The third-order valence-electron chi connectivity index (χ3n) is 6.12. The van der Waals surface area contributed by atoms with E-state index < -0.39 is 0 Å². The number of nitrogens with two attached hydrogens (primary N) is 1. The van der Waals surface area contributed by atoms with Crippen molar-refractivity contribution in [2.45, 2.75) is 64.8 Å². The molecule has 0 atom stereocenters. The van der Waals surface area contributed by atoms with Crippen LogP contribution in [0.2, 0.25) is 0 Å². The second-order valence-corrected chi connectivity index (χ2v) is 8.25. The molecule has 0 bridgehead atoms. The van der Waals surface area contributed by atoms with Gasteiger partial charge in [-0.05, 0) is 51.2 Å². The van der Waals surface area contributed by atoms with Gasteiger partial charge in [-0.3, -0.25) is 14.0 Å². The van der Waals surface area contributed by atoms with E-state index in [1.807, 2.05) is 23.6 Å². The van der Waals surface area contributed by atoms with E-state index in [1.165, 1.54) is 6.42 Å². The Balaban J connectivity index is 1.99. The third kappa shape index (κ3) is 3.53. The molecule has 0 unspecified atom stereocenters. The van der Waals surface area contributed by atoms with Gasteiger partial charge in [-0.15, -0.1) is 0 Å². The van der Waals surface area contributed by atoms with Crippen LogP contribution in [0.25, 0.3) is 16.7 Å². The Kier molecular flexibility index (Phi) is 5.70. The minimum absolute atomic E-state index is 0.142. The molecule has 0 aromatic carbocycles. The molecule has 3 N–H and O–H groups in total. The van der Waals surface area contributed by atoms with Gasteiger partial charge < -0.3 is 11.1 Å². The van der Waals surface area contributed by atoms with Crippen molar-refractivity contribution in [1.29, 1.82) is 0 Å². The number of anilines is 1. The van der Waals surface area contributed by atoms with Gasteiger partial charge in [-0.25, -0.2) is 4.57 Å². The fourth-order valence-electron chi connectivity index (χ4n) is 4.44. The van der Waals surface area contributed by atoms with Crippen LogP contribution in [0.4, 0.5) is 5.82 Å². The van der Waals surface area contributed by atoms with E-state index in [4.69, 9.17) is 10.7 Å². The highest BCUT2D eigenvalue weighted by molar-refractivity contribution is 6.00. The molecule has 0 radical (unpaired) electrons. The topological polar surface area (TPSA) is 93.4 Å². The lowest BCUT2D eigenvalue weighted by molar-refractivity contribution is -0.689. The highest BCUT2D eigenvalue weighted by Crippen LogP contribution is 2.27. The van der Waals surface area contributed by atoms with Crippen molar-refractivity contribution >= 4 is 28.4 Å². The molecule has 30 heavy (non-hydrogen) atoms. The molecule has 1 fully saturated rings. The van der Waals surface area contributed by atoms with Gasteiger partial charge >= 0.3 is 0 Å². The molecular weight excluding hydrogens is 378 g/mol. The van der Waals surface area contributed by atoms with E-state index in [1.54, 1.807) is 16.7 Å². The van der Waals surface area contributed by atoms with Gasteiger partial charge in [-0.2, -0.15) is 0 Å². The maximum Gasteiger partial charge on any atom is 0.278 e. The molecule has 0 saturated heterocycles. The summed E-state index contributed by atoms with van der Waals surface area (Å²) in [6.45, 7) is 4.61. The van der Waals surface area contributed by atoms with Gasteiger partial charge in [-0.1, -0.05) is 30.8 Å². The maximum absolute atomic E-state index is 13.4. The van der Waals surface area contributed by atoms with Crippen molar-refractivity contribution < 1.29 is 9.36 Å². The Morgan fingerprint density at radius 1 is 1.33 bits per heavy atom. The van der Waals surface area contributed by atoms with E-state index in [0.29, 0.717) is 34.6 Å². The summed E-state index contributed by atoms with van der Waals surface area (Å²) in [4.78, 5) is 31.1. The number of aryl methyl sites for hydroxylation is 1. The minimum Gasteiger partial charge on any atom is -0.352 e. The van der Waals surface area contributed by atoms with Crippen molar-refractivity contribution in [3.05, 3.63) is 45.9 Å². The molecule has 7 heteroatoms. The Morgan fingerprint density at radius 2 is 2.10 bits per heavy atom. The zero-order valence-electron chi connectivity index (χ0n) is 17.8. The zero-order valence-corrected chi connectivity index (χ0v) is 17.8. The molecule has 3 aromatic rings. The Labute approximate surface area is 175 Å². The number of aromatic nitrogens is 3. The number of nitrogens with one attached hydrogen (secondary N) is 1. The predicted octanol–water partition coefficient (Wildman–Crippen LogP) is 3.06. The molecule has 3 aromatic heterocycles. The fourth-order valence-corrected chi connectivity index (χ4v) is 4.44. The number of rotatable bonds is 5. The van der Waals surface area contributed by atoms with E-state index in [0.717, 1.165) is 44.1 Å². The number of nitrogens with zero attached hydrogens (tertiary/aromatic N) is 3. The first-order chi connectivity index (χ1) is 14.5. The van der Waals surface area contributed by atoms with Crippen molar-refractivity contribution in [2.75, 3.05) is 12.3 Å². The fraction of sp³-hybridized carbons (Fsp3) is 0.478. The van der Waals surface area contributed by atoms with Gasteiger partial charge in [0.1, 0.15) is 10.9 Å². The lowest BCUT2D eigenvalue weighted by atomic mass is 9.94. The Hall–Kier alpha value is -2.96. The smallest absolute Gasteiger partial charge is 0.278 e. The van der Waals surface area contributed by atoms with Crippen molar-refractivity contribution in [3.63, 3.8) is 0 Å². The molecule has 1 saturated carbocycles. The highest BCUT2D eigenvalue weighted by Gasteiger charge is 2.30. The molecule has 1 aliphatic carbocycles. The summed E-state index contributed by atoms with van der Waals surface area (Å²) in [6, 6.07) is 5.54. The van der Waals surface area contributed by atoms with Crippen LogP contribution in [-0.2, 0) is 0 Å². The van der Waals surface area contributed by atoms with Crippen LogP contribution >= 0.6 is 0 Å². The van der Waals surface area contributed by atoms with E-state index in [2.05, 4.69) is 12.2 Å². The summed E-state index contributed by atoms with van der Waals surface area (Å²) in [5.41, 5.74) is 8.87. The SMILES string of the molecule is CCCCNC(=O)c1cc2c(=O)n3cccc(C)c3nc2[n+](C2CCCCC2)c1N. The summed E-state index contributed by atoms with van der Waals surface area (Å²) in [6.07, 6.45) is 8.97. The Bertz CT molecular complexity index is 1160. The van der Waals surface area contributed by atoms with E-state index in [9.17, 15) is 9.59 Å². The number of unbranched alkanes of at least 4 members (excludes halogenated alkanes) is 1. The number of hydrogen-bond donors (Lipinski definition) is 2. The average molecular weight is 409 g/mol. The van der Waals surface area contributed by atoms with Crippen molar-refractivity contribution in [1.82, 2.24) is 14.7 Å². The van der Waals surface area contributed by atoms with Gasteiger partial charge in [0, 0.05) is 18.3 Å². The van der Waals surface area contributed by atoms with Crippen molar-refractivity contribution in [3.8, 4) is 0 Å². The van der Waals surface area contributed by atoms with E-state index in [-0.39, 0.29) is 17.5 Å². The normalized spacial score (nSPS) is 15.0. The van der Waals surface area contributed by atoms with Gasteiger partial charge in [0.15, 0.2) is 0 Å². The molecule has 0 spiro atoms. The first-order valence-corrected chi connectivity index (χ1v) is 11.0. The minimum atomic E-state index is -0.235. The average Bonchev–Trinajstić information content (AvgIpc) is 2.75. The van der Waals surface area contributed by atoms with Gasteiger partial charge in [0.25, 0.3) is 17.1 Å². The first-order valence-electron chi connectivity index (χ1n) is 11.0. The number of carbonyl (C=O) groups is 1. The summed E-state index contributed by atoms with van der Waals surface area (Å²) in [5, 5.41) is 3.37. The summed E-state index contributed by atoms with van der Waals surface area (Å²) in [7, 11) is 0.